The quantitative estimate of drug-likeness (QED) is 0.838. The summed E-state index contributed by atoms with van der Waals surface area (Å²) in [6.07, 6.45) is 0.456. The molecule has 0 fully saturated rings. The smallest absolute Gasteiger partial charge is 0.294 e. The Bertz CT molecular complexity index is 613. The second kappa shape index (κ2) is 6.67. The first-order valence-corrected chi connectivity index (χ1v) is 7.18. The Labute approximate surface area is 130 Å². The molecule has 1 heterocycles. The molecule has 20 heavy (non-hydrogen) atoms. The van der Waals surface area contributed by atoms with Crippen LogP contribution in [0.2, 0.25) is 0 Å². The largest absolute Gasteiger partial charge is 0.444 e. The molecule has 0 bridgehead atoms. The molecule has 0 aliphatic rings. The fourth-order valence-corrected chi connectivity index (χ4v) is 2.14. The van der Waals surface area contributed by atoms with Gasteiger partial charge in [0, 0.05) is 18.7 Å². The zero-order valence-electron chi connectivity index (χ0n) is 10.6. The molecule has 0 atom stereocenters. The van der Waals surface area contributed by atoms with Gasteiger partial charge >= 0.3 is 0 Å². The van der Waals surface area contributed by atoms with Crippen molar-refractivity contribution in [2.75, 3.05) is 11.4 Å². The average molecular weight is 353 g/mol. The van der Waals surface area contributed by atoms with Crippen LogP contribution in [-0.4, -0.2) is 17.4 Å². The van der Waals surface area contributed by atoms with Gasteiger partial charge in [-0.3, -0.25) is 4.79 Å². The minimum absolute atomic E-state index is 0.224. The van der Waals surface area contributed by atoms with Gasteiger partial charge in [0.05, 0.1) is 4.99 Å². The summed E-state index contributed by atoms with van der Waals surface area (Å²) < 4.78 is 5.83. The number of nitrogens with two attached hydrogens (primary N) is 1. The van der Waals surface area contributed by atoms with E-state index in [2.05, 4.69) is 15.9 Å². The van der Waals surface area contributed by atoms with Crippen molar-refractivity contribution >= 4 is 44.7 Å². The Morgan fingerprint density at radius 3 is 2.50 bits per heavy atom. The molecule has 0 aliphatic carbocycles. The number of carbonyl (C=O) groups is 1. The van der Waals surface area contributed by atoms with Crippen LogP contribution in [0.4, 0.5) is 5.69 Å². The van der Waals surface area contributed by atoms with Gasteiger partial charge in [-0.1, -0.05) is 30.4 Å². The van der Waals surface area contributed by atoms with Gasteiger partial charge in [-0.25, -0.2) is 0 Å². The van der Waals surface area contributed by atoms with Crippen LogP contribution in [0.3, 0.4) is 0 Å². The van der Waals surface area contributed by atoms with Crippen molar-refractivity contribution < 1.29 is 9.21 Å². The third-order valence-electron chi connectivity index (χ3n) is 2.68. The van der Waals surface area contributed by atoms with Crippen molar-refractivity contribution in [1.29, 1.82) is 0 Å². The molecule has 1 aromatic carbocycles. The topological polar surface area (TPSA) is 59.5 Å². The fourth-order valence-electron chi connectivity index (χ4n) is 1.74. The van der Waals surface area contributed by atoms with Crippen LogP contribution in [0.1, 0.15) is 17.0 Å². The Morgan fingerprint density at radius 2 is 1.95 bits per heavy atom. The molecule has 2 aromatic rings. The lowest BCUT2D eigenvalue weighted by atomic mass is 10.2. The summed E-state index contributed by atoms with van der Waals surface area (Å²) in [5, 5.41) is 0. The van der Waals surface area contributed by atoms with Crippen LogP contribution in [-0.2, 0) is 0 Å². The minimum Gasteiger partial charge on any atom is -0.444 e. The number of nitrogens with zero attached hydrogens (tertiary/aromatic N) is 1. The number of anilines is 1. The van der Waals surface area contributed by atoms with E-state index in [4.69, 9.17) is 22.4 Å². The number of benzene rings is 1. The van der Waals surface area contributed by atoms with Gasteiger partial charge in [-0.05, 0) is 40.2 Å². The number of halogens is 1. The molecule has 0 aliphatic heterocycles. The Morgan fingerprint density at radius 1 is 1.25 bits per heavy atom. The lowest BCUT2D eigenvalue weighted by Gasteiger charge is -2.21. The standard InChI is InChI=1S/C14H13BrN2O2S/c15-12-7-6-11(19-12)14(18)17(9-8-13(16)20)10-4-2-1-3-5-10/h1-7H,8-9H2,(H2,16,20). The van der Waals surface area contributed by atoms with E-state index >= 15 is 0 Å². The van der Waals surface area contributed by atoms with E-state index < -0.39 is 0 Å². The van der Waals surface area contributed by atoms with Crippen molar-refractivity contribution in [2.24, 2.45) is 5.73 Å². The molecular weight excluding hydrogens is 340 g/mol. The number of amides is 1. The van der Waals surface area contributed by atoms with Crippen molar-refractivity contribution in [1.82, 2.24) is 0 Å². The van der Waals surface area contributed by atoms with Crippen LogP contribution in [0.25, 0.3) is 0 Å². The third kappa shape index (κ3) is 3.68. The first-order chi connectivity index (χ1) is 9.58. The molecule has 0 spiro atoms. The van der Waals surface area contributed by atoms with Crippen LogP contribution in [0.5, 0.6) is 0 Å². The van der Waals surface area contributed by atoms with E-state index in [9.17, 15) is 4.79 Å². The molecule has 2 rings (SSSR count). The predicted molar refractivity (Wildman–Crippen MR) is 85.9 cm³/mol. The third-order valence-corrected chi connectivity index (χ3v) is 3.31. The van der Waals surface area contributed by atoms with Crippen molar-refractivity contribution in [3.8, 4) is 0 Å². The van der Waals surface area contributed by atoms with Crippen LogP contribution < -0.4 is 10.6 Å². The van der Waals surface area contributed by atoms with Gasteiger partial charge < -0.3 is 15.1 Å². The number of carbonyl (C=O) groups excluding carboxylic acids is 1. The fraction of sp³-hybridized carbons (Fsp3) is 0.143. The highest BCUT2D eigenvalue weighted by atomic mass is 79.9. The summed E-state index contributed by atoms with van der Waals surface area (Å²) >= 11 is 8.07. The normalized spacial score (nSPS) is 10.2. The lowest BCUT2D eigenvalue weighted by molar-refractivity contribution is 0.0960. The predicted octanol–water partition coefficient (Wildman–Crippen LogP) is 3.37. The molecule has 0 saturated heterocycles. The maximum absolute atomic E-state index is 12.5. The minimum atomic E-state index is -0.224. The number of rotatable bonds is 5. The Hall–Kier alpha value is -1.66. The number of thiocarbonyl (C=S) groups is 1. The number of para-hydroxylation sites is 1. The highest BCUT2D eigenvalue weighted by Gasteiger charge is 2.20. The SMILES string of the molecule is NC(=S)CCN(C(=O)c1ccc(Br)o1)c1ccccc1. The highest BCUT2D eigenvalue weighted by Crippen LogP contribution is 2.20. The van der Waals surface area contributed by atoms with Gasteiger partial charge in [0.1, 0.15) is 0 Å². The van der Waals surface area contributed by atoms with Gasteiger partial charge in [0.15, 0.2) is 10.4 Å². The van der Waals surface area contributed by atoms with Crippen molar-refractivity contribution in [3.05, 3.63) is 52.9 Å². The molecule has 0 unspecified atom stereocenters. The monoisotopic (exact) mass is 352 g/mol. The van der Waals surface area contributed by atoms with Gasteiger partial charge in [0.25, 0.3) is 5.91 Å². The van der Waals surface area contributed by atoms with E-state index in [1.54, 1.807) is 17.0 Å². The van der Waals surface area contributed by atoms with Gasteiger partial charge in [-0.15, -0.1) is 0 Å². The van der Waals surface area contributed by atoms with E-state index in [1.807, 2.05) is 30.3 Å². The molecule has 1 aromatic heterocycles. The van der Waals surface area contributed by atoms with Gasteiger partial charge in [-0.2, -0.15) is 0 Å². The first-order valence-electron chi connectivity index (χ1n) is 5.98. The van der Waals surface area contributed by atoms with Crippen molar-refractivity contribution in [3.63, 3.8) is 0 Å². The van der Waals surface area contributed by atoms with E-state index in [-0.39, 0.29) is 11.7 Å². The summed E-state index contributed by atoms with van der Waals surface area (Å²) in [4.78, 5) is 14.5. The first kappa shape index (κ1) is 14.7. The lowest BCUT2D eigenvalue weighted by Crippen LogP contribution is -2.33. The molecule has 0 saturated carbocycles. The summed E-state index contributed by atoms with van der Waals surface area (Å²) in [7, 11) is 0. The van der Waals surface area contributed by atoms with E-state index in [0.717, 1.165) is 5.69 Å². The number of hydrogen-bond donors (Lipinski definition) is 1. The zero-order chi connectivity index (χ0) is 14.5. The van der Waals surface area contributed by atoms with E-state index in [1.165, 1.54) is 0 Å². The second-order valence-electron chi connectivity index (χ2n) is 4.11. The maximum atomic E-state index is 12.5. The molecule has 1 amide bonds. The molecule has 2 N–H and O–H groups in total. The average Bonchev–Trinajstić information content (AvgIpc) is 2.86. The molecular formula is C14H13BrN2O2S. The van der Waals surface area contributed by atoms with Crippen molar-refractivity contribution in [2.45, 2.75) is 6.42 Å². The Kier molecular flexibility index (Phi) is 4.92. The Balaban J connectivity index is 2.26. The van der Waals surface area contributed by atoms with Gasteiger partial charge in [0.2, 0.25) is 0 Å². The summed E-state index contributed by atoms with van der Waals surface area (Å²) in [6.45, 7) is 0.413. The second-order valence-corrected chi connectivity index (χ2v) is 5.42. The molecule has 0 radical (unpaired) electrons. The number of furan rings is 1. The summed E-state index contributed by atoms with van der Waals surface area (Å²) in [5.41, 5.74) is 6.30. The molecule has 104 valence electrons. The maximum Gasteiger partial charge on any atom is 0.294 e. The van der Waals surface area contributed by atoms with E-state index in [0.29, 0.717) is 22.6 Å². The van der Waals surface area contributed by atoms with Crippen LogP contribution in [0.15, 0.2) is 51.6 Å². The molecule has 4 nitrogen and oxygen atoms in total. The highest BCUT2D eigenvalue weighted by molar-refractivity contribution is 9.10. The zero-order valence-corrected chi connectivity index (χ0v) is 13.0. The van der Waals surface area contributed by atoms with Crippen LogP contribution in [0, 0.1) is 0 Å². The van der Waals surface area contributed by atoms with Crippen LogP contribution >= 0.6 is 28.1 Å². The summed E-state index contributed by atoms with van der Waals surface area (Å²) in [5.74, 6) is 0.0433. The number of hydrogen-bond acceptors (Lipinski definition) is 3. The molecule has 6 heteroatoms. The summed E-state index contributed by atoms with van der Waals surface area (Å²) in [6, 6.07) is 12.7.